The van der Waals surface area contributed by atoms with Crippen LogP contribution in [-0.2, 0) is 4.79 Å². The number of carbonyl (C=O) groups excluding carboxylic acids is 1. The number of aryl methyl sites for hydroxylation is 2. The molecule has 1 rings (SSSR count). The third-order valence-corrected chi connectivity index (χ3v) is 4.13. The zero-order valence-corrected chi connectivity index (χ0v) is 11.0. The highest BCUT2D eigenvalue weighted by molar-refractivity contribution is 8.01. The molecule has 0 aliphatic carbocycles. The predicted molar refractivity (Wildman–Crippen MR) is 66.7 cm³/mol. The summed E-state index contributed by atoms with van der Waals surface area (Å²) in [6.45, 7) is 7.78. The first kappa shape index (κ1) is 12.6. The van der Waals surface area contributed by atoms with Crippen molar-refractivity contribution in [1.82, 2.24) is 0 Å². The standard InChI is InChI=1S/C12H15ClOS/c1-8-5-6-10(9(2)7-8)15-12(3,4)11(13)14/h5-7H,1-4H3. The predicted octanol–water partition coefficient (Wildman–Crippen LogP) is 3.94. The van der Waals surface area contributed by atoms with E-state index in [-0.39, 0.29) is 5.24 Å². The fourth-order valence-electron chi connectivity index (χ4n) is 1.23. The quantitative estimate of drug-likeness (QED) is 0.590. The molecular formula is C12H15ClOS. The van der Waals surface area contributed by atoms with Gasteiger partial charge in [-0.05, 0) is 50.9 Å². The van der Waals surface area contributed by atoms with E-state index in [4.69, 9.17) is 11.6 Å². The summed E-state index contributed by atoms with van der Waals surface area (Å²) >= 11 is 7.05. The lowest BCUT2D eigenvalue weighted by molar-refractivity contribution is -0.113. The molecule has 0 bridgehead atoms. The summed E-state index contributed by atoms with van der Waals surface area (Å²) in [5.41, 5.74) is 2.41. The molecule has 0 radical (unpaired) electrons. The zero-order valence-electron chi connectivity index (χ0n) is 9.43. The molecule has 1 aromatic carbocycles. The fourth-order valence-corrected chi connectivity index (χ4v) is 2.33. The number of halogens is 1. The minimum absolute atomic E-state index is 0.313. The van der Waals surface area contributed by atoms with Crippen molar-refractivity contribution in [1.29, 1.82) is 0 Å². The summed E-state index contributed by atoms with van der Waals surface area (Å²) in [6, 6.07) is 6.19. The van der Waals surface area contributed by atoms with Gasteiger partial charge < -0.3 is 0 Å². The van der Waals surface area contributed by atoms with Gasteiger partial charge in [-0.15, -0.1) is 11.8 Å². The molecule has 0 atom stereocenters. The maximum Gasteiger partial charge on any atom is 0.237 e. The van der Waals surface area contributed by atoms with Gasteiger partial charge in [0.2, 0.25) is 5.24 Å². The minimum Gasteiger partial charge on any atom is -0.280 e. The number of thioether (sulfide) groups is 1. The van der Waals surface area contributed by atoms with Crippen LogP contribution in [0.25, 0.3) is 0 Å². The molecule has 1 nitrogen and oxygen atoms in total. The van der Waals surface area contributed by atoms with Crippen LogP contribution in [0.5, 0.6) is 0 Å². The highest BCUT2D eigenvalue weighted by atomic mass is 35.5. The number of carbonyl (C=O) groups is 1. The summed E-state index contributed by atoms with van der Waals surface area (Å²) in [5.74, 6) is 0. The van der Waals surface area contributed by atoms with Crippen LogP contribution in [0, 0.1) is 13.8 Å². The van der Waals surface area contributed by atoms with E-state index in [0.717, 1.165) is 4.90 Å². The van der Waals surface area contributed by atoms with Gasteiger partial charge in [-0.2, -0.15) is 0 Å². The molecule has 0 fully saturated rings. The second-order valence-corrected chi connectivity index (χ2v) is 6.16. The number of hydrogen-bond acceptors (Lipinski definition) is 2. The van der Waals surface area contributed by atoms with Gasteiger partial charge >= 0.3 is 0 Å². The van der Waals surface area contributed by atoms with E-state index in [1.807, 2.05) is 32.9 Å². The largest absolute Gasteiger partial charge is 0.280 e. The van der Waals surface area contributed by atoms with Crippen molar-refractivity contribution in [2.45, 2.75) is 37.3 Å². The molecule has 0 saturated heterocycles. The lowest BCUT2D eigenvalue weighted by Gasteiger charge is -2.20. The first-order chi connectivity index (χ1) is 6.83. The van der Waals surface area contributed by atoms with Crippen molar-refractivity contribution >= 4 is 28.6 Å². The van der Waals surface area contributed by atoms with E-state index in [1.165, 1.54) is 22.9 Å². The molecule has 0 aliphatic rings. The van der Waals surface area contributed by atoms with Crippen LogP contribution < -0.4 is 0 Å². The number of rotatable bonds is 3. The van der Waals surface area contributed by atoms with Crippen molar-refractivity contribution in [2.75, 3.05) is 0 Å². The Kier molecular flexibility index (Phi) is 3.85. The highest BCUT2D eigenvalue weighted by Crippen LogP contribution is 2.36. The minimum atomic E-state index is -0.568. The Bertz CT molecular complexity index is 385. The zero-order chi connectivity index (χ0) is 11.6. The van der Waals surface area contributed by atoms with Gasteiger partial charge in [0.1, 0.15) is 0 Å². The van der Waals surface area contributed by atoms with Crippen molar-refractivity contribution in [2.24, 2.45) is 0 Å². The Balaban J connectivity index is 2.95. The SMILES string of the molecule is Cc1ccc(SC(C)(C)C(=O)Cl)c(C)c1. The Morgan fingerprint density at radius 2 is 1.93 bits per heavy atom. The van der Waals surface area contributed by atoms with Crippen molar-refractivity contribution < 1.29 is 4.79 Å². The molecule has 0 saturated carbocycles. The smallest absolute Gasteiger partial charge is 0.237 e. The normalized spacial score (nSPS) is 11.5. The summed E-state index contributed by atoms with van der Waals surface area (Å²) in [5, 5.41) is -0.313. The molecule has 0 amide bonds. The molecular weight excluding hydrogens is 228 g/mol. The second-order valence-electron chi connectivity index (χ2n) is 4.16. The molecule has 0 aromatic heterocycles. The van der Waals surface area contributed by atoms with Gasteiger partial charge in [0.05, 0.1) is 4.75 Å². The Labute approximate surface area is 100 Å². The summed E-state index contributed by atoms with van der Waals surface area (Å²) in [4.78, 5) is 12.3. The maximum atomic E-state index is 11.2. The van der Waals surface area contributed by atoms with Crippen LogP contribution >= 0.6 is 23.4 Å². The third kappa shape index (κ3) is 3.25. The Morgan fingerprint density at radius 3 is 2.40 bits per heavy atom. The summed E-state index contributed by atoms with van der Waals surface area (Å²) in [6.07, 6.45) is 0. The Morgan fingerprint density at radius 1 is 1.33 bits per heavy atom. The highest BCUT2D eigenvalue weighted by Gasteiger charge is 2.27. The van der Waals surface area contributed by atoms with E-state index >= 15 is 0 Å². The van der Waals surface area contributed by atoms with Crippen molar-refractivity contribution in [3.8, 4) is 0 Å². The van der Waals surface area contributed by atoms with Gasteiger partial charge in [0, 0.05) is 4.90 Å². The van der Waals surface area contributed by atoms with Crippen LogP contribution in [0.3, 0.4) is 0 Å². The molecule has 0 N–H and O–H groups in total. The van der Waals surface area contributed by atoms with E-state index < -0.39 is 4.75 Å². The lowest BCUT2D eigenvalue weighted by atomic mass is 10.2. The maximum absolute atomic E-state index is 11.2. The molecule has 0 unspecified atom stereocenters. The van der Waals surface area contributed by atoms with Gasteiger partial charge in [0.25, 0.3) is 0 Å². The molecule has 1 aromatic rings. The monoisotopic (exact) mass is 242 g/mol. The molecule has 82 valence electrons. The second kappa shape index (κ2) is 4.58. The molecule has 0 aliphatic heterocycles. The average Bonchev–Trinajstić information content (AvgIpc) is 2.09. The van der Waals surface area contributed by atoms with Crippen molar-refractivity contribution in [3.05, 3.63) is 29.3 Å². The lowest BCUT2D eigenvalue weighted by Crippen LogP contribution is -2.22. The summed E-state index contributed by atoms with van der Waals surface area (Å²) < 4.78 is -0.568. The summed E-state index contributed by atoms with van der Waals surface area (Å²) in [7, 11) is 0. The molecule has 3 heteroatoms. The van der Waals surface area contributed by atoms with Crippen LogP contribution in [0.1, 0.15) is 25.0 Å². The van der Waals surface area contributed by atoms with Crippen LogP contribution in [0.4, 0.5) is 0 Å². The van der Waals surface area contributed by atoms with E-state index in [2.05, 4.69) is 13.0 Å². The van der Waals surface area contributed by atoms with E-state index in [0.29, 0.717) is 0 Å². The number of hydrogen-bond donors (Lipinski definition) is 0. The Hall–Kier alpha value is -0.470. The van der Waals surface area contributed by atoms with E-state index in [1.54, 1.807) is 0 Å². The van der Waals surface area contributed by atoms with Gasteiger partial charge in [-0.3, -0.25) is 4.79 Å². The molecule has 15 heavy (non-hydrogen) atoms. The number of benzene rings is 1. The third-order valence-electron chi connectivity index (χ3n) is 2.17. The van der Waals surface area contributed by atoms with Gasteiger partial charge in [0.15, 0.2) is 0 Å². The van der Waals surface area contributed by atoms with Crippen molar-refractivity contribution in [3.63, 3.8) is 0 Å². The average molecular weight is 243 g/mol. The van der Waals surface area contributed by atoms with E-state index in [9.17, 15) is 4.79 Å². The van der Waals surface area contributed by atoms with Gasteiger partial charge in [-0.1, -0.05) is 17.7 Å². The van der Waals surface area contributed by atoms with Crippen LogP contribution in [0.2, 0.25) is 0 Å². The van der Waals surface area contributed by atoms with Gasteiger partial charge in [-0.25, -0.2) is 0 Å². The first-order valence-electron chi connectivity index (χ1n) is 4.79. The van der Waals surface area contributed by atoms with Crippen LogP contribution in [-0.4, -0.2) is 9.99 Å². The topological polar surface area (TPSA) is 17.1 Å². The van der Waals surface area contributed by atoms with Crippen LogP contribution in [0.15, 0.2) is 23.1 Å². The first-order valence-corrected chi connectivity index (χ1v) is 5.98. The fraction of sp³-hybridized carbons (Fsp3) is 0.417. The molecule has 0 spiro atoms. The molecule has 0 heterocycles.